The molecule has 8 nitrogen and oxygen atoms in total. The van der Waals surface area contributed by atoms with Crippen LogP contribution in [0.2, 0.25) is 0 Å². The molecule has 0 amide bonds. The van der Waals surface area contributed by atoms with Crippen LogP contribution in [0.3, 0.4) is 0 Å². The third kappa shape index (κ3) is 6.32. The van der Waals surface area contributed by atoms with E-state index in [2.05, 4.69) is 0 Å². The SMILES string of the molecule is CC(C(=O)O)N(CCS(=O)(=O)O)CC(=O)O. The molecular weight excluding hydrogens is 242 g/mol. The van der Waals surface area contributed by atoms with Crippen molar-refractivity contribution in [3.63, 3.8) is 0 Å². The van der Waals surface area contributed by atoms with Crippen molar-refractivity contribution in [1.29, 1.82) is 0 Å². The summed E-state index contributed by atoms with van der Waals surface area (Å²) in [5.41, 5.74) is 0. The van der Waals surface area contributed by atoms with Gasteiger partial charge in [0.25, 0.3) is 10.1 Å². The van der Waals surface area contributed by atoms with Crippen molar-refractivity contribution < 1.29 is 32.8 Å². The number of carbonyl (C=O) groups is 2. The summed E-state index contributed by atoms with van der Waals surface area (Å²) < 4.78 is 29.4. The zero-order chi connectivity index (χ0) is 12.9. The summed E-state index contributed by atoms with van der Waals surface area (Å²) in [5, 5.41) is 17.1. The van der Waals surface area contributed by atoms with Crippen LogP contribution in [-0.2, 0) is 19.7 Å². The van der Waals surface area contributed by atoms with Crippen molar-refractivity contribution in [3.05, 3.63) is 0 Å². The van der Waals surface area contributed by atoms with E-state index in [1.807, 2.05) is 0 Å². The number of nitrogens with zero attached hydrogens (tertiary/aromatic N) is 1. The summed E-state index contributed by atoms with van der Waals surface area (Å²) in [6.45, 7) is 0.261. The highest BCUT2D eigenvalue weighted by Gasteiger charge is 2.23. The molecule has 0 saturated heterocycles. The predicted octanol–water partition coefficient (Wildman–Crippen LogP) is -1.27. The Bertz CT molecular complexity index is 363. The highest BCUT2D eigenvalue weighted by Crippen LogP contribution is 2.00. The van der Waals surface area contributed by atoms with E-state index in [1.54, 1.807) is 0 Å². The quantitative estimate of drug-likeness (QED) is 0.480. The monoisotopic (exact) mass is 255 g/mol. The van der Waals surface area contributed by atoms with Gasteiger partial charge >= 0.3 is 11.9 Å². The first kappa shape index (κ1) is 14.8. The zero-order valence-corrected chi connectivity index (χ0v) is 9.35. The minimum atomic E-state index is -4.24. The molecule has 16 heavy (non-hydrogen) atoms. The van der Waals surface area contributed by atoms with E-state index < -0.39 is 40.4 Å². The summed E-state index contributed by atoms with van der Waals surface area (Å²) in [4.78, 5) is 21.9. The highest BCUT2D eigenvalue weighted by atomic mass is 32.2. The molecule has 94 valence electrons. The van der Waals surface area contributed by atoms with Crippen molar-refractivity contribution in [2.45, 2.75) is 13.0 Å². The molecule has 0 fully saturated rings. The Kier molecular flexibility index (Phi) is 5.35. The first-order chi connectivity index (χ1) is 7.13. The van der Waals surface area contributed by atoms with Gasteiger partial charge in [0.1, 0.15) is 6.04 Å². The Morgan fingerprint density at radius 3 is 2.12 bits per heavy atom. The fourth-order valence-corrected chi connectivity index (χ4v) is 1.44. The normalized spacial score (nSPS) is 13.7. The van der Waals surface area contributed by atoms with E-state index in [1.165, 1.54) is 6.92 Å². The van der Waals surface area contributed by atoms with Gasteiger partial charge in [0.2, 0.25) is 0 Å². The largest absolute Gasteiger partial charge is 0.480 e. The lowest BCUT2D eigenvalue weighted by atomic mass is 10.3. The summed E-state index contributed by atoms with van der Waals surface area (Å²) in [6, 6.07) is -1.14. The molecule has 0 aromatic heterocycles. The van der Waals surface area contributed by atoms with Crippen LogP contribution in [0.25, 0.3) is 0 Å². The second-order valence-corrected chi connectivity index (χ2v) is 4.74. The molecular formula is C7H13NO7S. The molecule has 0 radical (unpaired) electrons. The predicted molar refractivity (Wildman–Crippen MR) is 52.7 cm³/mol. The first-order valence-electron chi connectivity index (χ1n) is 4.27. The maximum absolute atomic E-state index is 10.6. The maximum atomic E-state index is 10.6. The number of carboxylic acid groups (broad SMARTS) is 2. The summed E-state index contributed by atoms with van der Waals surface area (Å²) in [5.74, 6) is -3.25. The second kappa shape index (κ2) is 5.77. The summed E-state index contributed by atoms with van der Waals surface area (Å²) in [6.07, 6.45) is 0. The smallest absolute Gasteiger partial charge is 0.320 e. The van der Waals surface area contributed by atoms with Gasteiger partial charge in [-0.3, -0.25) is 19.0 Å². The molecule has 0 aliphatic carbocycles. The first-order valence-corrected chi connectivity index (χ1v) is 5.88. The Labute approximate surface area is 92.2 Å². The third-order valence-corrected chi connectivity index (χ3v) is 2.58. The molecule has 9 heteroatoms. The van der Waals surface area contributed by atoms with Gasteiger partial charge in [-0.1, -0.05) is 0 Å². The number of hydrogen-bond acceptors (Lipinski definition) is 5. The Balaban J connectivity index is 4.55. The summed E-state index contributed by atoms with van der Waals surface area (Å²) in [7, 11) is -4.24. The molecule has 0 saturated carbocycles. The van der Waals surface area contributed by atoms with E-state index in [9.17, 15) is 18.0 Å². The fourth-order valence-electron chi connectivity index (χ4n) is 0.972. The molecule has 0 aromatic rings. The van der Waals surface area contributed by atoms with Crippen molar-refractivity contribution in [2.75, 3.05) is 18.8 Å². The van der Waals surface area contributed by atoms with E-state index in [4.69, 9.17) is 14.8 Å². The van der Waals surface area contributed by atoms with Crippen LogP contribution in [-0.4, -0.2) is 64.9 Å². The van der Waals surface area contributed by atoms with E-state index in [0.29, 0.717) is 0 Å². The van der Waals surface area contributed by atoms with Gasteiger partial charge in [0.05, 0.1) is 12.3 Å². The maximum Gasteiger partial charge on any atom is 0.320 e. The molecule has 0 rings (SSSR count). The topological polar surface area (TPSA) is 132 Å². The van der Waals surface area contributed by atoms with Crippen molar-refractivity contribution in [1.82, 2.24) is 4.90 Å². The highest BCUT2D eigenvalue weighted by molar-refractivity contribution is 7.85. The Morgan fingerprint density at radius 1 is 1.31 bits per heavy atom. The van der Waals surface area contributed by atoms with Gasteiger partial charge in [0, 0.05) is 6.54 Å². The van der Waals surface area contributed by atoms with Gasteiger partial charge in [-0.25, -0.2) is 0 Å². The molecule has 3 N–H and O–H groups in total. The van der Waals surface area contributed by atoms with Crippen molar-refractivity contribution in [3.8, 4) is 0 Å². The van der Waals surface area contributed by atoms with E-state index in [0.717, 1.165) is 4.90 Å². The lowest BCUT2D eigenvalue weighted by Gasteiger charge is -2.23. The zero-order valence-electron chi connectivity index (χ0n) is 8.53. The third-order valence-electron chi connectivity index (χ3n) is 1.88. The lowest BCUT2D eigenvalue weighted by molar-refractivity contribution is -0.145. The molecule has 0 spiro atoms. The van der Waals surface area contributed by atoms with Gasteiger partial charge in [-0.2, -0.15) is 8.42 Å². The minimum absolute atomic E-state index is 0.363. The Morgan fingerprint density at radius 2 is 1.81 bits per heavy atom. The number of carboxylic acids is 2. The molecule has 0 aromatic carbocycles. The van der Waals surface area contributed by atoms with E-state index in [-0.39, 0.29) is 6.54 Å². The van der Waals surface area contributed by atoms with Crippen LogP contribution >= 0.6 is 0 Å². The van der Waals surface area contributed by atoms with E-state index >= 15 is 0 Å². The van der Waals surface area contributed by atoms with Crippen LogP contribution < -0.4 is 0 Å². The van der Waals surface area contributed by atoms with Crippen LogP contribution in [0.5, 0.6) is 0 Å². The molecule has 0 heterocycles. The average Bonchev–Trinajstić information content (AvgIpc) is 2.08. The minimum Gasteiger partial charge on any atom is -0.480 e. The molecule has 1 atom stereocenters. The number of aliphatic carboxylic acids is 2. The van der Waals surface area contributed by atoms with Crippen molar-refractivity contribution in [2.24, 2.45) is 0 Å². The fraction of sp³-hybridized carbons (Fsp3) is 0.714. The lowest BCUT2D eigenvalue weighted by Crippen LogP contribution is -2.44. The average molecular weight is 255 g/mol. The Hall–Kier alpha value is -1.19. The van der Waals surface area contributed by atoms with Gasteiger partial charge in [-0.15, -0.1) is 0 Å². The van der Waals surface area contributed by atoms with Crippen molar-refractivity contribution >= 4 is 22.1 Å². The van der Waals surface area contributed by atoms with Gasteiger partial charge in [0.15, 0.2) is 0 Å². The second-order valence-electron chi connectivity index (χ2n) is 3.16. The number of rotatable bonds is 7. The van der Waals surface area contributed by atoms with Gasteiger partial charge in [-0.05, 0) is 6.92 Å². The standard InChI is InChI=1S/C7H13NO7S/c1-5(7(11)12)8(4-6(9)10)2-3-16(13,14)15/h5H,2-4H2,1H3,(H,9,10)(H,11,12)(H,13,14,15). The summed E-state index contributed by atoms with van der Waals surface area (Å²) >= 11 is 0. The van der Waals surface area contributed by atoms with Crippen LogP contribution in [0, 0.1) is 0 Å². The molecule has 0 aliphatic rings. The van der Waals surface area contributed by atoms with Gasteiger partial charge < -0.3 is 10.2 Å². The van der Waals surface area contributed by atoms with Crippen LogP contribution in [0.1, 0.15) is 6.92 Å². The molecule has 1 unspecified atom stereocenters. The van der Waals surface area contributed by atoms with Crippen LogP contribution in [0.15, 0.2) is 0 Å². The molecule has 0 bridgehead atoms. The van der Waals surface area contributed by atoms with Crippen LogP contribution in [0.4, 0.5) is 0 Å². The number of hydrogen-bond donors (Lipinski definition) is 3. The molecule has 0 aliphatic heterocycles.